The number of methoxy groups -OCH3 is 1. The molecular formula is C19H38N4O. The maximum Gasteiger partial charge on any atom is 0.191 e. The Hall–Kier alpha value is -0.810. The highest BCUT2D eigenvalue weighted by Gasteiger charge is 2.33. The maximum atomic E-state index is 5.33. The summed E-state index contributed by atoms with van der Waals surface area (Å²) >= 11 is 0. The number of rotatable bonds is 9. The Morgan fingerprint density at radius 2 is 1.83 bits per heavy atom. The van der Waals surface area contributed by atoms with Crippen LogP contribution in [0.25, 0.3) is 0 Å². The van der Waals surface area contributed by atoms with Crippen molar-refractivity contribution >= 4 is 5.96 Å². The van der Waals surface area contributed by atoms with Crippen LogP contribution >= 0.6 is 0 Å². The number of likely N-dealkylation sites (tertiary alicyclic amines) is 1. The Morgan fingerprint density at radius 1 is 1.08 bits per heavy atom. The molecule has 0 aromatic heterocycles. The van der Waals surface area contributed by atoms with Crippen LogP contribution in [-0.4, -0.2) is 63.8 Å². The van der Waals surface area contributed by atoms with Crippen LogP contribution in [-0.2, 0) is 4.74 Å². The molecule has 2 aliphatic rings. The highest BCUT2D eigenvalue weighted by Crippen LogP contribution is 2.41. The molecule has 0 amide bonds. The largest absolute Gasteiger partial charge is 0.385 e. The van der Waals surface area contributed by atoms with Gasteiger partial charge in [-0.05, 0) is 57.5 Å². The summed E-state index contributed by atoms with van der Waals surface area (Å²) in [6.07, 6.45) is 10.5. The van der Waals surface area contributed by atoms with Gasteiger partial charge in [0.2, 0.25) is 0 Å². The van der Waals surface area contributed by atoms with Gasteiger partial charge in [0.15, 0.2) is 5.96 Å². The summed E-state index contributed by atoms with van der Waals surface area (Å²) in [5.41, 5.74) is 0.366. The average molecular weight is 339 g/mol. The van der Waals surface area contributed by atoms with Gasteiger partial charge in [-0.1, -0.05) is 19.3 Å². The van der Waals surface area contributed by atoms with Crippen molar-refractivity contribution < 1.29 is 4.74 Å². The number of nitrogens with zero attached hydrogens (tertiary/aromatic N) is 2. The minimum absolute atomic E-state index is 0.366. The molecule has 0 unspecified atom stereocenters. The molecule has 1 aliphatic carbocycles. The van der Waals surface area contributed by atoms with Gasteiger partial charge in [0, 0.05) is 39.9 Å². The van der Waals surface area contributed by atoms with Crippen molar-refractivity contribution in [2.24, 2.45) is 10.4 Å². The third-order valence-corrected chi connectivity index (χ3v) is 5.59. The topological polar surface area (TPSA) is 48.9 Å². The Labute approximate surface area is 148 Å². The summed E-state index contributed by atoms with van der Waals surface area (Å²) in [5, 5.41) is 6.94. The molecule has 0 aromatic carbocycles. The van der Waals surface area contributed by atoms with Crippen molar-refractivity contribution in [2.75, 3.05) is 53.0 Å². The number of piperidine rings is 1. The third kappa shape index (κ3) is 6.60. The number of hydrogen-bond acceptors (Lipinski definition) is 3. The number of ether oxygens (including phenoxy) is 1. The zero-order chi connectivity index (χ0) is 17.1. The van der Waals surface area contributed by atoms with Crippen molar-refractivity contribution in [1.82, 2.24) is 15.5 Å². The number of aliphatic imine (C=N–C) groups is 1. The predicted molar refractivity (Wildman–Crippen MR) is 102 cm³/mol. The van der Waals surface area contributed by atoms with Crippen LogP contribution in [0.4, 0.5) is 0 Å². The fraction of sp³-hybridized carbons (Fsp3) is 0.947. The minimum atomic E-state index is 0.366. The van der Waals surface area contributed by atoms with Gasteiger partial charge in [-0.15, -0.1) is 0 Å². The van der Waals surface area contributed by atoms with Gasteiger partial charge in [0.05, 0.1) is 0 Å². The first-order valence-electron chi connectivity index (χ1n) is 10.0. The Bertz CT molecular complexity index is 360. The molecule has 2 N–H and O–H groups in total. The van der Waals surface area contributed by atoms with Crippen LogP contribution in [0.15, 0.2) is 4.99 Å². The van der Waals surface area contributed by atoms with Crippen molar-refractivity contribution in [3.63, 3.8) is 0 Å². The fourth-order valence-corrected chi connectivity index (χ4v) is 4.03. The van der Waals surface area contributed by atoms with Crippen molar-refractivity contribution in [3.8, 4) is 0 Å². The van der Waals surface area contributed by atoms with Gasteiger partial charge >= 0.3 is 0 Å². The number of hydrogen-bond donors (Lipinski definition) is 2. The number of nitrogens with one attached hydrogen (secondary N) is 2. The van der Waals surface area contributed by atoms with Crippen LogP contribution < -0.4 is 10.6 Å². The van der Waals surface area contributed by atoms with E-state index >= 15 is 0 Å². The van der Waals surface area contributed by atoms with Gasteiger partial charge in [-0.2, -0.15) is 0 Å². The van der Waals surface area contributed by atoms with Crippen LogP contribution in [0.3, 0.4) is 0 Å². The van der Waals surface area contributed by atoms with Crippen LogP contribution in [0.1, 0.15) is 58.3 Å². The normalized spacial score (nSPS) is 21.8. The van der Waals surface area contributed by atoms with Gasteiger partial charge in [-0.3, -0.25) is 4.99 Å². The first-order valence-corrected chi connectivity index (χ1v) is 10.0. The summed E-state index contributed by atoms with van der Waals surface area (Å²) in [7, 11) is 1.80. The monoisotopic (exact) mass is 338 g/mol. The van der Waals surface area contributed by atoms with Gasteiger partial charge in [0.25, 0.3) is 0 Å². The second-order valence-electron chi connectivity index (χ2n) is 7.47. The second kappa shape index (κ2) is 10.9. The molecule has 2 fully saturated rings. The van der Waals surface area contributed by atoms with E-state index in [1.165, 1.54) is 58.0 Å². The lowest BCUT2D eigenvalue weighted by Crippen LogP contribution is -2.43. The van der Waals surface area contributed by atoms with Crippen LogP contribution in [0.2, 0.25) is 0 Å². The van der Waals surface area contributed by atoms with E-state index in [1.54, 1.807) is 7.11 Å². The fourth-order valence-electron chi connectivity index (χ4n) is 4.03. The molecule has 1 aliphatic heterocycles. The highest BCUT2D eigenvalue weighted by atomic mass is 16.5. The summed E-state index contributed by atoms with van der Waals surface area (Å²) in [5.74, 6) is 0.984. The highest BCUT2D eigenvalue weighted by molar-refractivity contribution is 5.79. The summed E-state index contributed by atoms with van der Waals surface area (Å²) in [4.78, 5) is 7.49. The lowest BCUT2D eigenvalue weighted by atomic mass is 9.83. The van der Waals surface area contributed by atoms with Crippen molar-refractivity contribution in [1.29, 1.82) is 0 Å². The van der Waals surface area contributed by atoms with Gasteiger partial charge in [0.1, 0.15) is 0 Å². The summed E-state index contributed by atoms with van der Waals surface area (Å²) < 4.78 is 5.33. The molecule has 1 saturated heterocycles. The third-order valence-electron chi connectivity index (χ3n) is 5.59. The average Bonchev–Trinajstić information content (AvgIpc) is 3.08. The molecule has 2 rings (SSSR count). The van der Waals surface area contributed by atoms with E-state index in [9.17, 15) is 0 Å². The van der Waals surface area contributed by atoms with E-state index < -0.39 is 0 Å². The Kier molecular flexibility index (Phi) is 8.89. The molecule has 0 bridgehead atoms. The molecule has 5 heteroatoms. The molecular weight excluding hydrogens is 300 g/mol. The number of guanidine groups is 1. The van der Waals surface area contributed by atoms with E-state index in [0.29, 0.717) is 5.41 Å². The molecule has 0 radical (unpaired) electrons. The van der Waals surface area contributed by atoms with E-state index in [2.05, 4.69) is 22.5 Å². The lowest BCUT2D eigenvalue weighted by molar-refractivity contribution is 0.141. The van der Waals surface area contributed by atoms with E-state index in [1.807, 2.05) is 0 Å². The van der Waals surface area contributed by atoms with Crippen LogP contribution in [0, 0.1) is 5.41 Å². The molecule has 0 spiro atoms. The Balaban J connectivity index is 1.79. The standard InChI is InChI=1S/C19H38N4O/c1-3-20-18(21-12-15-23-13-7-4-8-14-23)22-17-19(11-16-24-2)9-5-6-10-19/h3-17H2,1-2H3,(H2,20,21,22). The van der Waals surface area contributed by atoms with Crippen LogP contribution in [0.5, 0.6) is 0 Å². The molecule has 140 valence electrons. The first kappa shape index (κ1) is 19.5. The van der Waals surface area contributed by atoms with E-state index in [-0.39, 0.29) is 0 Å². The molecule has 0 atom stereocenters. The molecule has 0 aromatic rings. The van der Waals surface area contributed by atoms with E-state index in [4.69, 9.17) is 9.73 Å². The Morgan fingerprint density at radius 3 is 2.50 bits per heavy atom. The van der Waals surface area contributed by atoms with E-state index in [0.717, 1.165) is 45.2 Å². The zero-order valence-electron chi connectivity index (χ0n) is 15.9. The molecule has 5 nitrogen and oxygen atoms in total. The predicted octanol–water partition coefficient (Wildman–Crippen LogP) is 2.62. The smallest absolute Gasteiger partial charge is 0.191 e. The van der Waals surface area contributed by atoms with Crippen molar-refractivity contribution in [2.45, 2.75) is 58.3 Å². The molecule has 1 heterocycles. The summed E-state index contributed by atoms with van der Waals surface area (Å²) in [6, 6.07) is 0. The zero-order valence-corrected chi connectivity index (χ0v) is 15.9. The SMILES string of the molecule is CCNC(=NCC1(CCOC)CCCC1)NCCN1CCCCC1. The molecule has 24 heavy (non-hydrogen) atoms. The first-order chi connectivity index (χ1) is 11.8. The van der Waals surface area contributed by atoms with Crippen molar-refractivity contribution in [3.05, 3.63) is 0 Å². The molecule has 1 saturated carbocycles. The maximum absolute atomic E-state index is 5.33. The van der Waals surface area contributed by atoms with Gasteiger partial charge < -0.3 is 20.3 Å². The van der Waals surface area contributed by atoms with Gasteiger partial charge in [-0.25, -0.2) is 0 Å². The quantitative estimate of drug-likeness (QED) is 0.501. The summed E-state index contributed by atoms with van der Waals surface area (Å²) in [6.45, 7) is 9.46. The minimum Gasteiger partial charge on any atom is -0.385 e. The second-order valence-corrected chi connectivity index (χ2v) is 7.47. The lowest BCUT2D eigenvalue weighted by Gasteiger charge is -2.28.